The fraction of sp³-hybridized carbons (Fsp3) is 0.250. The van der Waals surface area contributed by atoms with E-state index in [9.17, 15) is 4.79 Å². The number of hydrogen-bond acceptors (Lipinski definition) is 3. The van der Waals surface area contributed by atoms with E-state index >= 15 is 0 Å². The molecule has 17 heavy (non-hydrogen) atoms. The number of carbonyl (C=O) groups excluding carboxylic acids is 1. The molecule has 1 heterocycles. The average Bonchev–Trinajstić information content (AvgIpc) is 2.81. The Morgan fingerprint density at radius 3 is 3.06 bits per heavy atom. The van der Waals surface area contributed by atoms with E-state index in [2.05, 4.69) is 10.5 Å². The molecule has 5 nitrogen and oxygen atoms in total. The predicted molar refractivity (Wildman–Crippen MR) is 63.6 cm³/mol. The highest BCUT2D eigenvalue weighted by Gasteiger charge is 2.06. The van der Waals surface area contributed by atoms with E-state index in [1.54, 1.807) is 19.2 Å². The molecule has 0 spiro atoms. The Morgan fingerprint density at radius 1 is 1.35 bits per heavy atom. The van der Waals surface area contributed by atoms with Crippen molar-refractivity contribution in [3.63, 3.8) is 0 Å². The molecule has 0 atom stereocenters. The average molecular weight is 234 g/mol. The largest absolute Gasteiger partial charge is 0.382 e. The van der Waals surface area contributed by atoms with Crippen LogP contribution in [0.5, 0.6) is 0 Å². The smallest absolute Gasteiger partial charge is 0.274 e. The quantitative estimate of drug-likeness (QED) is 0.608. The highest BCUT2D eigenvalue weighted by molar-refractivity contribution is 5.97. The molecule has 2 rings (SSSR count). The number of ether oxygens (including phenoxy) is 1. The first-order valence-corrected chi connectivity index (χ1v) is 5.29. The molecule has 0 saturated heterocycles. The Balaban J connectivity index is 1.98. The number of hydroxylamine groups is 1. The lowest BCUT2D eigenvalue weighted by molar-refractivity contribution is 0.00889. The number of amides is 1. The highest BCUT2D eigenvalue weighted by Crippen LogP contribution is 2.13. The Labute approximate surface area is 98.7 Å². The van der Waals surface area contributed by atoms with Crippen LogP contribution in [0.15, 0.2) is 30.5 Å². The molecular weight excluding hydrogens is 220 g/mol. The summed E-state index contributed by atoms with van der Waals surface area (Å²) in [4.78, 5) is 19.7. The van der Waals surface area contributed by atoms with Gasteiger partial charge in [-0.3, -0.25) is 9.63 Å². The number of aromatic nitrogens is 1. The summed E-state index contributed by atoms with van der Waals surface area (Å²) in [5.74, 6) is -0.266. The lowest BCUT2D eigenvalue weighted by atomic mass is 10.1. The van der Waals surface area contributed by atoms with Crippen LogP contribution in [0.2, 0.25) is 0 Å². The van der Waals surface area contributed by atoms with E-state index in [-0.39, 0.29) is 5.91 Å². The van der Waals surface area contributed by atoms with Crippen molar-refractivity contribution >= 4 is 16.8 Å². The lowest BCUT2D eigenvalue weighted by Crippen LogP contribution is -2.25. The maximum absolute atomic E-state index is 11.7. The number of methoxy groups -OCH3 is 1. The minimum Gasteiger partial charge on any atom is -0.382 e. The number of carbonyl (C=O) groups is 1. The Hall–Kier alpha value is -1.85. The fourth-order valence-corrected chi connectivity index (χ4v) is 1.49. The van der Waals surface area contributed by atoms with Crippen molar-refractivity contribution in [2.24, 2.45) is 0 Å². The van der Waals surface area contributed by atoms with Gasteiger partial charge in [0.2, 0.25) is 0 Å². The molecule has 90 valence electrons. The number of aromatic amines is 1. The number of H-pyrrole nitrogens is 1. The van der Waals surface area contributed by atoms with Crippen molar-refractivity contribution in [2.75, 3.05) is 20.3 Å². The molecule has 1 aromatic carbocycles. The molecule has 0 fully saturated rings. The second-order valence-corrected chi connectivity index (χ2v) is 3.55. The maximum atomic E-state index is 11.7. The van der Waals surface area contributed by atoms with Crippen LogP contribution >= 0.6 is 0 Å². The molecule has 0 aliphatic rings. The fourth-order valence-electron chi connectivity index (χ4n) is 1.49. The SMILES string of the molecule is COCCONC(=O)c1ccc2cc[nH]c2c1. The minimum absolute atomic E-state index is 0.266. The molecule has 5 heteroatoms. The third-order valence-electron chi connectivity index (χ3n) is 2.37. The van der Waals surface area contributed by atoms with Crippen molar-refractivity contribution in [1.82, 2.24) is 10.5 Å². The third kappa shape index (κ3) is 2.83. The number of hydrogen-bond donors (Lipinski definition) is 2. The van der Waals surface area contributed by atoms with Crippen molar-refractivity contribution in [2.45, 2.75) is 0 Å². The van der Waals surface area contributed by atoms with Crippen LogP contribution in [0.4, 0.5) is 0 Å². The predicted octanol–water partition coefficient (Wildman–Crippen LogP) is 1.48. The monoisotopic (exact) mass is 234 g/mol. The second-order valence-electron chi connectivity index (χ2n) is 3.55. The van der Waals surface area contributed by atoms with Crippen molar-refractivity contribution < 1.29 is 14.4 Å². The zero-order valence-corrected chi connectivity index (χ0v) is 9.53. The Bertz CT molecular complexity index is 507. The van der Waals surface area contributed by atoms with Crippen LogP contribution in [-0.4, -0.2) is 31.2 Å². The van der Waals surface area contributed by atoms with Gasteiger partial charge < -0.3 is 9.72 Å². The topological polar surface area (TPSA) is 63.4 Å². The van der Waals surface area contributed by atoms with E-state index in [1.807, 2.05) is 18.3 Å². The number of fused-ring (bicyclic) bond motifs is 1. The number of rotatable bonds is 5. The molecular formula is C12H14N2O3. The van der Waals surface area contributed by atoms with Crippen LogP contribution in [-0.2, 0) is 9.57 Å². The standard InChI is InChI=1S/C12H14N2O3/c1-16-6-7-17-14-12(15)10-3-2-9-4-5-13-11(9)8-10/h2-5,8,13H,6-7H2,1H3,(H,14,15). The van der Waals surface area contributed by atoms with Crippen LogP contribution in [0, 0.1) is 0 Å². The van der Waals surface area contributed by atoms with Gasteiger partial charge in [-0.15, -0.1) is 0 Å². The summed E-state index contributed by atoms with van der Waals surface area (Å²) in [7, 11) is 1.57. The number of nitrogens with one attached hydrogen (secondary N) is 2. The van der Waals surface area contributed by atoms with Gasteiger partial charge in [0.1, 0.15) is 0 Å². The molecule has 0 aliphatic carbocycles. The first-order valence-electron chi connectivity index (χ1n) is 5.29. The zero-order chi connectivity index (χ0) is 12.1. The molecule has 1 aromatic heterocycles. The van der Waals surface area contributed by atoms with Crippen LogP contribution in [0.3, 0.4) is 0 Å². The summed E-state index contributed by atoms with van der Waals surface area (Å²) >= 11 is 0. The van der Waals surface area contributed by atoms with Gasteiger partial charge in [-0.1, -0.05) is 6.07 Å². The molecule has 2 N–H and O–H groups in total. The van der Waals surface area contributed by atoms with E-state index in [0.717, 1.165) is 10.9 Å². The normalized spacial score (nSPS) is 10.6. The van der Waals surface area contributed by atoms with E-state index < -0.39 is 0 Å². The van der Waals surface area contributed by atoms with E-state index in [0.29, 0.717) is 18.8 Å². The molecule has 0 unspecified atom stereocenters. The van der Waals surface area contributed by atoms with Crippen LogP contribution in [0.25, 0.3) is 10.9 Å². The summed E-state index contributed by atoms with van der Waals surface area (Å²) in [6.07, 6.45) is 1.83. The van der Waals surface area contributed by atoms with Gasteiger partial charge in [-0.05, 0) is 23.6 Å². The summed E-state index contributed by atoms with van der Waals surface area (Å²) in [6, 6.07) is 7.37. The molecule has 0 bridgehead atoms. The Kier molecular flexibility index (Phi) is 3.74. The van der Waals surface area contributed by atoms with Crippen molar-refractivity contribution in [1.29, 1.82) is 0 Å². The van der Waals surface area contributed by atoms with Gasteiger partial charge in [0, 0.05) is 24.4 Å². The number of benzene rings is 1. The van der Waals surface area contributed by atoms with Gasteiger partial charge in [0.15, 0.2) is 0 Å². The highest BCUT2D eigenvalue weighted by atomic mass is 16.7. The molecule has 0 aliphatic heterocycles. The third-order valence-corrected chi connectivity index (χ3v) is 2.37. The molecule has 2 aromatic rings. The van der Waals surface area contributed by atoms with E-state index in [4.69, 9.17) is 9.57 Å². The first-order chi connectivity index (χ1) is 8.31. The van der Waals surface area contributed by atoms with E-state index in [1.165, 1.54) is 0 Å². The van der Waals surface area contributed by atoms with Gasteiger partial charge in [0.25, 0.3) is 5.91 Å². The summed E-state index contributed by atoms with van der Waals surface area (Å²) in [5.41, 5.74) is 3.84. The first kappa shape index (κ1) is 11.6. The second kappa shape index (κ2) is 5.47. The molecule has 0 saturated carbocycles. The van der Waals surface area contributed by atoms with Gasteiger partial charge >= 0.3 is 0 Å². The van der Waals surface area contributed by atoms with Crippen LogP contribution in [0.1, 0.15) is 10.4 Å². The molecule has 0 radical (unpaired) electrons. The van der Waals surface area contributed by atoms with Gasteiger partial charge in [-0.2, -0.15) is 0 Å². The summed E-state index contributed by atoms with van der Waals surface area (Å²) in [6.45, 7) is 0.767. The summed E-state index contributed by atoms with van der Waals surface area (Å²) in [5, 5.41) is 1.07. The van der Waals surface area contributed by atoms with Crippen molar-refractivity contribution in [3.05, 3.63) is 36.0 Å². The van der Waals surface area contributed by atoms with Gasteiger partial charge in [-0.25, -0.2) is 5.48 Å². The zero-order valence-electron chi connectivity index (χ0n) is 9.53. The summed E-state index contributed by atoms with van der Waals surface area (Å²) < 4.78 is 4.80. The van der Waals surface area contributed by atoms with Crippen molar-refractivity contribution in [3.8, 4) is 0 Å². The van der Waals surface area contributed by atoms with Gasteiger partial charge in [0.05, 0.1) is 13.2 Å². The maximum Gasteiger partial charge on any atom is 0.274 e. The Morgan fingerprint density at radius 2 is 2.24 bits per heavy atom. The minimum atomic E-state index is -0.266. The molecule has 1 amide bonds. The lowest BCUT2D eigenvalue weighted by Gasteiger charge is -2.05. The van der Waals surface area contributed by atoms with Crippen LogP contribution < -0.4 is 5.48 Å².